The Balaban J connectivity index is 2.71. The summed E-state index contributed by atoms with van der Waals surface area (Å²) in [6.07, 6.45) is 4.83. The Bertz CT molecular complexity index is 445. The zero-order chi connectivity index (χ0) is 10.1. The Kier molecular flexibility index (Phi) is 2.32. The monoisotopic (exact) mass is 188 g/mol. The molecule has 1 heteroatoms. The molecule has 0 N–H and O–H groups in total. The second kappa shape index (κ2) is 3.49. The van der Waals surface area contributed by atoms with Gasteiger partial charge >= 0.3 is 0 Å². The van der Waals surface area contributed by atoms with E-state index in [9.17, 15) is 0 Å². The third-order valence-corrected chi connectivity index (χ3v) is 3.04. The van der Waals surface area contributed by atoms with Crippen LogP contribution in [-0.2, 0) is 12.8 Å². The molecule has 0 amide bonds. The van der Waals surface area contributed by atoms with Gasteiger partial charge in [0.15, 0.2) is 0 Å². The summed E-state index contributed by atoms with van der Waals surface area (Å²) in [5.74, 6) is 0.885. The van der Waals surface area contributed by atoms with E-state index in [2.05, 4.69) is 13.2 Å². The lowest BCUT2D eigenvalue weighted by Crippen LogP contribution is -2.25. The fourth-order valence-corrected chi connectivity index (χ4v) is 2.26. The maximum absolute atomic E-state index is 5.29. The summed E-state index contributed by atoms with van der Waals surface area (Å²) >= 11 is 0. The van der Waals surface area contributed by atoms with E-state index >= 15 is 0 Å². The first kappa shape index (κ1) is 9.32. The molecule has 0 radical (unpaired) electrons. The van der Waals surface area contributed by atoms with Gasteiger partial charge in [0, 0.05) is 5.22 Å². The van der Waals surface area contributed by atoms with Gasteiger partial charge in [0.2, 0.25) is 0 Å². The normalized spacial score (nSPS) is 14.9. The van der Waals surface area contributed by atoms with Crippen molar-refractivity contribution < 1.29 is 4.74 Å². The number of hydrogen-bond donors (Lipinski definition) is 0. The third kappa shape index (κ3) is 1.33. The minimum absolute atomic E-state index is 0.885. The van der Waals surface area contributed by atoms with Gasteiger partial charge < -0.3 is 4.74 Å². The fraction of sp³-hybridized carbons (Fsp3) is 0.385. The van der Waals surface area contributed by atoms with Crippen LogP contribution in [0.25, 0.3) is 13.2 Å². The van der Waals surface area contributed by atoms with E-state index in [0.717, 1.165) is 29.0 Å². The summed E-state index contributed by atoms with van der Waals surface area (Å²) in [4.78, 5) is 0. The summed E-state index contributed by atoms with van der Waals surface area (Å²) < 4.78 is 5.29. The van der Waals surface area contributed by atoms with Gasteiger partial charge in [-0.05, 0) is 48.1 Å². The van der Waals surface area contributed by atoms with Crippen LogP contribution in [0.3, 0.4) is 0 Å². The van der Waals surface area contributed by atoms with E-state index in [4.69, 9.17) is 4.74 Å². The van der Waals surface area contributed by atoms with Gasteiger partial charge in [-0.2, -0.15) is 0 Å². The highest BCUT2D eigenvalue weighted by Gasteiger charge is 2.12. The molecule has 0 spiro atoms. The molecule has 14 heavy (non-hydrogen) atoms. The van der Waals surface area contributed by atoms with E-state index in [1.165, 1.54) is 24.0 Å². The van der Waals surface area contributed by atoms with Crippen LogP contribution >= 0.6 is 0 Å². The number of rotatable bonds is 1. The first-order chi connectivity index (χ1) is 6.74. The van der Waals surface area contributed by atoms with Gasteiger partial charge in [-0.15, -0.1) is 0 Å². The quantitative estimate of drug-likeness (QED) is 0.647. The smallest absolute Gasteiger partial charge is 0.126 e. The Hall–Kier alpha value is -1.24. The molecule has 1 nitrogen and oxygen atoms in total. The van der Waals surface area contributed by atoms with Crippen LogP contribution in [0.1, 0.15) is 24.0 Å². The summed E-state index contributed by atoms with van der Waals surface area (Å²) in [5, 5.41) is 2.18. The lowest BCUT2D eigenvalue weighted by molar-refractivity contribution is 0.409. The van der Waals surface area contributed by atoms with Crippen molar-refractivity contribution in [3.63, 3.8) is 0 Å². The van der Waals surface area contributed by atoms with Crippen molar-refractivity contribution in [2.75, 3.05) is 7.11 Å². The summed E-state index contributed by atoms with van der Waals surface area (Å²) in [6.45, 7) is 8.17. The van der Waals surface area contributed by atoms with Crippen molar-refractivity contribution >= 4 is 13.2 Å². The number of methoxy groups -OCH3 is 1. The molecule has 0 fully saturated rings. The maximum atomic E-state index is 5.29. The molecule has 0 saturated heterocycles. The summed E-state index contributed by atoms with van der Waals surface area (Å²) in [7, 11) is 1.69. The molecular formula is C13H16O. The van der Waals surface area contributed by atoms with Crippen molar-refractivity contribution in [3.05, 3.63) is 27.6 Å². The van der Waals surface area contributed by atoms with Gasteiger partial charge in [-0.1, -0.05) is 13.2 Å². The molecule has 0 atom stereocenters. The van der Waals surface area contributed by atoms with Crippen LogP contribution in [0, 0.1) is 0 Å². The number of ether oxygens (including phenoxy) is 1. The predicted molar refractivity (Wildman–Crippen MR) is 59.9 cm³/mol. The third-order valence-electron chi connectivity index (χ3n) is 3.04. The summed E-state index contributed by atoms with van der Waals surface area (Å²) in [6, 6.07) is 2.01. The van der Waals surface area contributed by atoms with Crippen LogP contribution in [0.15, 0.2) is 6.07 Å². The number of fused-ring (bicyclic) bond motifs is 1. The van der Waals surface area contributed by atoms with Gasteiger partial charge in [-0.3, -0.25) is 0 Å². The van der Waals surface area contributed by atoms with Crippen LogP contribution < -0.4 is 15.2 Å². The van der Waals surface area contributed by atoms with E-state index in [0.29, 0.717) is 0 Å². The highest BCUT2D eigenvalue weighted by molar-refractivity contribution is 5.42. The Morgan fingerprint density at radius 2 is 1.79 bits per heavy atom. The molecule has 74 valence electrons. The predicted octanol–water partition coefficient (Wildman–Crippen LogP) is 1.39. The lowest BCUT2D eigenvalue weighted by Gasteiger charge is -2.18. The molecule has 1 aliphatic carbocycles. The number of benzene rings is 1. The second-order valence-corrected chi connectivity index (χ2v) is 3.88. The minimum atomic E-state index is 0.885. The Morgan fingerprint density at radius 3 is 2.43 bits per heavy atom. The SMILES string of the molecule is C=c1cc(OC)c(=C)c2c1CCCC2. The van der Waals surface area contributed by atoms with Crippen LogP contribution in [0.4, 0.5) is 0 Å². The molecule has 0 aliphatic heterocycles. The van der Waals surface area contributed by atoms with Crippen LogP contribution in [-0.4, -0.2) is 7.11 Å². The summed E-state index contributed by atoms with van der Waals surface area (Å²) in [5.41, 5.74) is 2.78. The molecule has 0 heterocycles. The van der Waals surface area contributed by atoms with Gasteiger partial charge in [0.25, 0.3) is 0 Å². The largest absolute Gasteiger partial charge is 0.496 e. The number of hydrogen-bond acceptors (Lipinski definition) is 1. The molecule has 0 unspecified atom stereocenters. The molecule has 1 aliphatic rings. The first-order valence-corrected chi connectivity index (χ1v) is 5.10. The first-order valence-electron chi connectivity index (χ1n) is 5.10. The van der Waals surface area contributed by atoms with E-state index in [1.807, 2.05) is 6.07 Å². The van der Waals surface area contributed by atoms with E-state index in [1.54, 1.807) is 7.11 Å². The van der Waals surface area contributed by atoms with Crippen LogP contribution in [0.2, 0.25) is 0 Å². The Labute approximate surface area is 84.7 Å². The second-order valence-electron chi connectivity index (χ2n) is 3.88. The molecule has 2 rings (SSSR count). The molecular weight excluding hydrogens is 172 g/mol. The molecule has 1 aromatic carbocycles. The van der Waals surface area contributed by atoms with Crippen molar-refractivity contribution in [3.8, 4) is 5.75 Å². The lowest BCUT2D eigenvalue weighted by atomic mass is 9.89. The zero-order valence-electron chi connectivity index (χ0n) is 8.73. The average Bonchev–Trinajstić information content (AvgIpc) is 2.23. The standard InChI is InChI=1S/C13H16O/c1-9-8-13(14-3)10(2)12-7-5-4-6-11(9)12/h8H,1-2,4-7H2,3H3. The molecule has 1 aromatic rings. The molecule has 0 aromatic heterocycles. The van der Waals surface area contributed by atoms with Crippen LogP contribution in [0.5, 0.6) is 5.75 Å². The van der Waals surface area contributed by atoms with Crippen molar-refractivity contribution in [1.82, 2.24) is 0 Å². The van der Waals surface area contributed by atoms with Crippen molar-refractivity contribution in [2.45, 2.75) is 25.7 Å². The van der Waals surface area contributed by atoms with Crippen molar-refractivity contribution in [1.29, 1.82) is 0 Å². The topological polar surface area (TPSA) is 9.23 Å². The maximum Gasteiger partial charge on any atom is 0.126 e. The average molecular weight is 188 g/mol. The highest BCUT2D eigenvalue weighted by atomic mass is 16.5. The fourth-order valence-electron chi connectivity index (χ4n) is 2.26. The van der Waals surface area contributed by atoms with Gasteiger partial charge in [-0.25, -0.2) is 0 Å². The Morgan fingerprint density at radius 1 is 1.14 bits per heavy atom. The molecule has 0 saturated carbocycles. The zero-order valence-corrected chi connectivity index (χ0v) is 8.73. The molecule has 0 bridgehead atoms. The highest BCUT2D eigenvalue weighted by Crippen LogP contribution is 2.17. The van der Waals surface area contributed by atoms with Crippen molar-refractivity contribution in [2.24, 2.45) is 0 Å². The van der Waals surface area contributed by atoms with E-state index in [-0.39, 0.29) is 0 Å². The van der Waals surface area contributed by atoms with Gasteiger partial charge in [0.1, 0.15) is 5.75 Å². The van der Waals surface area contributed by atoms with Gasteiger partial charge in [0.05, 0.1) is 7.11 Å². The minimum Gasteiger partial charge on any atom is -0.496 e. The van der Waals surface area contributed by atoms with E-state index < -0.39 is 0 Å².